The van der Waals surface area contributed by atoms with E-state index in [0.717, 1.165) is 12.1 Å². The fourth-order valence-electron chi connectivity index (χ4n) is 1.90. The molecule has 4 nitrogen and oxygen atoms in total. The zero-order valence-electron chi connectivity index (χ0n) is 10.7. The number of hydrogen-bond acceptors (Lipinski definition) is 3. The van der Waals surface area contributed by atoms with Gasteiger partial charge >= 0.3 is 6.18 Å². The molecule has 1 heterocycles. The number of halogens is 3. The molecule has 1 N–H and O–H groups in total. The summed E-state index contributed by atoms with van der Waals surface area (Å²) in [7, 11) is 0. The van der Waals surface area contributed by atoms with Crippen molar-refractivity contribution >= 4 is 5.69 Å². The summed E-state index contributed by atoms with van der Waals surface area (Å²) in [6.07, 6.45) is -4.24. The van der Waals surface area contributed by atoms with Gasteiger partial charge in [-0.05, 0) is 30.2 Å². The molecule has 106 valence electrons. The molecule has 0 unspecified atom stereocenters. The van der Waals surface area contributed by atoms with E-state index >= 15 is 0 Å². The Hall–Kier alpha value is -1.63. The molecule has 0 bridgehead atoms. The summed E-state index contributed by atoms with van der Waals surface area (Å²) in [5, 5.41) is 13.6. The first-order valence-electron chi connectivity index (χ1n) is 5.97. The molecule has 0 aromatic heterocycles. The van der Waals surface area contributed by atoms with Crippen molar-refractivity contribution in [3.63, 3.8) is 0 Å². The van der Waals surface area contributed by atoms with Crippen LogP contribution in [0.1, 0.15) is 30.5 Å². The van der Waals surface area contributed by atoms with Crippen molar-refractivity contribution in [2.45, 2.75) is 33.0 Å². The van der Waals surface area contributed by atoms with E-state index in [2.05, 4.69) is 5.32 Å². The highest BCUT2D eigenvalue weighted by Gasteiger charge is 2.39. The number of fused-ring (bicyclic) bond motifs is 1. The lowest BCUT2D eigenvalue weighted by Gasteiger charge is -2.18. The standard InChI is InChI=1S/C10H9F3N2O2.C2H6/c11-10(12,13)8-3-6-1-2-14-5-7(6)4-9(8)15(16)17;1-2/h3-4,14H,1-2,5H2;1-2H3. The van der Waals surface area contributed by atoms with Crippen molar-refractivity contribution in [2.75, 3.05) is 6.54 Å². The van der Waals surface area contributed by atoms with Gasteiger partial charge in [0.1, 0.15) is 5.56 Å². The maximum Gasteiger partial charge on any atom is 0.423 e. The quantitative estimate of drug-likeness (QED) is 0.632. The number of nitro benzene ring substituents is 1. The van der Waals surface area contributed by atoms with Gasteiger partial charge in [-0.15, -0.1) is 0 Å². The molecular weight excluding hydrogens is 261 g/mol. The molecule has 0 saturated carbocycles. The predicted octanol–water partition coefficient (Wildman–Crippen LogP) is 3.29. The number of nitrogens with zero attached hydrogens (tertiary/aromatic N) is 1. The minimum atomic E-state index is -4.69. The van der Waals surface area contributed by atoms with Crippen molar-refractivity contribution in [2.24, 2.45) is 0 Å². The summed E-state index contributed by atoms with van der Waals surface area (Å²) in [6, 6.07) is 1.92. The highest BCUT2D eigenvalue weighted by Crippen LogP contribution is 2.38. The highest BCUT2D eigenvalue weighted by atomic mass is 19.4. The van der Waals surface area contributed by atoms with E-state index in [9.17, 15) is 23.3 Å². The Morgan fingerprint density at radius 2 is 1.89 bits per heavy atom. The van der Waals surface area contributed by atoms with Crippen LogP contribution in [-0.2, 0) is 19.1 Å². The van der Waals surface area contributed by atoms with Gasteiger partial charge in [0.15, 0.2) is 0 Å². The van der Waals surface area contributed by atoms with Gasteiger partial charge in [-0.2, -0.15) is 13.2 Å². The number of rotatable bonds is 1. The van der Waals surface area contributed by atoms with Gasteiger partial charge in [0.05, 0.1) is 4.92 Å². The van der Waals surface area contributed by atoms with Crippen LogP contribution in [0.2, 0.25) is 0 Å². The fraction of sp³-hybridized carbons (Fsp3) is 0.500. The monoisotopic (exact) mass is 276 g/mol. The van der Waals surface area contributed by atoms with Gasteiger partial charge in [0.2, 0.25) is 0 Å². The Kier molecular flexibility index (Phi) is 4.88. The summed E-state index contributed by atoms with van der Waals surface area (Å²) >= 11 is 0. The van der Waals surface area contributed by atoms with E-state index in [1.807, 2.05) is 13.8 Å². The molecule has 0 atom stereocenters. The summed E-state index contributed by atoms with van der Waals surface area (Å²) in [5.41, 5.74) is -0.944. The normalized spacial score (nSPS) is 14.2. The van der Waals surface area contributed by atoms with Crippen molar-refractivity contribution in [3.8, 4) is 0 Å². The zero-order valence-corrected chi connectivity index (χ0v) is 10.7. The zero-order chi connectivity index (χ0) is 14.6. The Bertz CT molecular complexity index is 473. The number of alkyl halides is 3. The summed E-state index contributed by atoms with van der Waals surface area (Å²) in [5.74, 6) is 0. The van der Waals surface area contributed by atoms with E-state index < -0.39 is 22.4 Å². The number of nitrogens with one attached hydrogen (secondary N) is 1. The largest absolute Gasteiger partial charge is 0.423 e. The van der Waals surface area contributed by atoms with Crippen LogP contribution < -0.4 is 5.32 Å². The first-order chi connectivity index (χ1) is 8.89. The second kappa shape index (κ2) is 6.01. The van der Waals surface area contributed by atoms with E-state index in [1.165, 1.54) is 0 Å². The van der Waals surface area contributed by atoms with E-state index in [1.54, 1.807) is 0 Å². The van der Waals surface area contributed by atoms with Crippen molar-refractivity contribution in [1.82, 2.24) is 5.32 Å². The van der Waals surface area contributed by atoms with Crippen LogP contribution in [0.25, 0.3) is 0 Å². The molecule has 1 aromatic rings. The molecule has 7 heteroatoms. The van der Waals surface area contributed by atoms with Crippen molar-refractivity contribution < 1.29 is 18.1 Å². The second-order valence-corrected chi connectivity index (χ2v) is 3.82. The van der Waals surface area contributed by atoms with Gasteiger partial charge in [0, 0.05) is 12.6 Å². The molecule has 0 saturated heterocycles. The van der Waals surface area contributed by atoms with Gasteiger partial charge in [-0.3, -0.25) is 10.1 Å². The Morgan fingerprint density at radius 1 is 1.26 bits per heavy atom. The SMILES string of the molecule is CC.O=[N+]([O-])c1cc2c(cc1C(F)(F)F)CCNC2. The van der Waals surface area contributed by atoms with Crippen molar-refractivity contribution in [3.05, 3.63) is 38.9 Å². The molecule has 1 aromatic carbocycles. The smallest absolute Gasteiger partial charge is 0.312 e. The topological polar surface area (TPSA) is 55.2 Å². The third-order valence-electron chi connectivity index (χ3n) is 2.71. The van der Waals surface area contributed by atoms with E-state index in [-0.39, 0.29) is 0 Å². The minimum Gasteiger partial charge on any atom is -0.312 e. The number of hydrogen-bond donors (Lipinski definition) is 1. The maximum absolute atomic E-state index is 12.7. The molecule has 0 amide bonds. The van der Waals surface area contributed by atoms with Gasteiger partial charge in [-0.25, -0.2) is 0 Å². The molecule has 0 spiro atoms. The summed E-state index contributed by atoms with van der Waals surface area (Å²) in [4.78, 5) is 9.65. The molecule has 1 aliphatic heterocycles. The van der Waals surface area contributed by atoms with Crippen LogP contribution >= 0.6 is 0 Å². The third-order valence-corrected chi connectivity index (χ3v) is 2.71. The Labute approximate surface area is 108 Å². The molecule has 2 rings (SSSR count). The predicted molar refractivity (Wildman–Crippen MR) is 64.9 cm³/mol. The van der Waals surface area contributed by atoms with Crippen LogP contribution in [0.4, 0.5) is 18.9 Å². The second-order valence-electron chi connectivity index (χ2n) is 3.82. The molecule has 1 aliphatic rings. The lowest BCUT2D eigenvalue weighted by Crippen LogP contribution is -2.24. The van der Waals surface area contributed by atoms with Crippen LogP contribution in [0, 0.1) is 10.1 Å². The molecule has 0 fully saturated rings. The molecule has 0 radical (unpaired) electrons. The summed E-state index contributed by atoms with van der Waals surface area (Å²) in [6.45, 7) is 4.95. The van der Waals surface area contributed by atoms with E-state index in [0.29, 0.717) is 30.6 Å². The molecular formula is C12H15F3N2O2. The first-order valence-corrected chi connectivity index (χ1v) is 5.97. The van der Waals surface area contributed by atoms with Gasteiger partial charge in [0.25, 0.3) is 5.69 Å². The Morgan fingerprint density at radius 3 is 2.42 bits per heavy atom. The average Bonchev–Trinajstić information content (AvgIpc) is 2.38. The third kappa shape index (κ3) is 3.44. The fourth-order valence-corrected chi connectivity index (χ4v) is 1.90. The molecule has 0 aliphatic carbocycles. The van der Waals surface area contributed by atoms with E-state index in [4.69, 9.17) is 0 Å². The van der Waals surface area contributed by atoms with Crippen LogP contribution in [-0.4, -0.2) is 11.5 Å². The maximum atomic E-state index is 12.7. The van der Waals surface area contributed by atoms with Crippen molar-refractivity contribution in [1.29, 1.82) is 0 Å². The van der Waals surface area contributed by atoms with Crippen LogP contribution in [0.5, 0.6) is 0 Å². The summed E-state index contributed by atoms with van der Waals surface area (Å²) < 4.78 is 38.0. The van der Waals surface area contributed by atoms with Crippen LogP contribution in [0.3, 0.4) is 0 Å². The average molecular weight is 276 g/mol. The lowest BCUT2D eigenvalue weighted by molar-refractivity contribution is -0.388. The number of nitro groups is 1. The van der Waals surface area contributed by atoms with Gasteiger partial charge in [-0.1, -0.05) is 13.8 Å². The lowest BCUT2D eigenvalue weighted by atomic mass is 9.97. The van der Waals surface area contributed by atoms with Gasteiger partial charge < -0.3 is 5.32 Å². The number of benzene rings is 1. The molecule has 19 heavy (non-hydrogen) atoms. The first kappa shape index (κ1) is 15.4. The minimum absolute atomic E-state index is 0.369. The highest BCUT2D eigenvalue weighted by molar-refractivity contribution is 5.49. The van der Waals surface area contributed by atoms with Crippen LogP contribution in [0.15, 0.2) is 12.1 Å². The Balaban J connectivity index is 0.000000861.